The van der Waals surface area contributed by atoms with E-state index in [0.717, 1.165) is 36.8 Å². The van der Waals surface area contributed by atoms with Crippen molar-refractivity contribution in [2.75, 3.05) is 13.1 Å². The van der Waals surface area contributed by atoms with Gasteiger partial charge in [-0.3, -0.25) is 9.78 Å². The van der Waals surface area contributed by atoms with Crippen molar-refractivity contribution in [3.63, 3.8) is 0 Å². The van der Waals surface area contributed by atoms with E-state index in [1.54, 1.807) is 6.20 Å². The van der Waals surface area contributed by atoms with Crippen molar-refractivity contribution >= 4 is 5.91 Å². The number of carbonyl (C=O) groups excluding carboxylic acids is 1. The normalized spacial score (nSPS) is 23.1. The summed E-state index contributed by atoms with van der Waals surface area (Å²) >= 11 is 0. The van der Waals surface area contributed by atoms with Gasteiger partial charge in [-0.25, -0.2) is 0 Å². The van der Waals surface area contributed by atoms with Crippen molar-refractivity contribution in [3.05, 3.63) is 66.3 Å². The van der Waals surface area contributed by atoms with E-state index in [1.165, 1.54) is 6.42 Å². The minimum absolute atomic E-state index is 0.0368. The van der Waals surface area contributed by atoms with Gasteiger partial charge in [-0.05, 0) is 24.5 Å². The first kappa shape index (κ1) is 19.9. The molecule has 5 rings (SSSR count). The largest absolute Gasteiger partial charge is 0.341 e. The van der Waals surface area contributed by atoms with Crippen LogP contribution in [0.25, 0.3) is 11.4 Å². The Morgan fingerprint density at radius 3 is 2.55 bits per heavy atom. The number of aromatic nitrogens is 3. The molecule has 3 heterocycles. The SMILES string of the molecule is CC1(C(=O)N2C[C@@H](c3cccnc3)[C@H](c3nc(-c4ccccc4)no3)C2)CCCCC1. The number of rotatable bonds is 4. The van der Waals surface area contributed by atoms with Gasteiger partial charge in [0.15, 0.2) is 0 Å². The Balaban J connectivity index is 1.44. The quantitative estimate of drug-likeness (QED) is 0.610. The van der Waals surface area contributed by atoms with E-state index in [4.69, 9.17) is 9.51 Å². The van der Waals surface area contributed by atoms with Gasteiger partial charge in [0, 0.05) is 42.4 Å². The van der Waals surface area contributed by atoms with Gasteiger partial charge in [0.05, 0.1) is 5.92 Å². The van der Waals surface area contributed by atoms with E-state index in [2.05, 4.69) is 23.1 Å². The molecule has 6 heteroatoms. The predicted octanol–water partition coefficient (Wildman–Crippen LogP) is 4.81. The summed E-state index contributed by atoms with van der Waals surface area (Å²) in [5, 5.41) is 4.23. The molecule has 2 aromatic heterocycles. The summed E-state index contributed by atoms with van der Waals surface area (Å²) in [7, 11) is 0. The maximum atomic E-state index is 13.5. The molecule has 0 unspecified atom stereocenters. The number of hydrogen-bond donors (Lipinski definition) is 0. The average molecular weight is 417 g/mol. The number of carbonyl (C=O) groups is 1. The van der Waals surface area contributed by atoms with Crippen LogP contribution in [0.4, 0.5) is 0 Å². The van der Waals surface area contributed by atoms with Gasteiger partial charge in [0.1, 0.15) is 0 Å². The molecule has 2 atom stereocenters. The zero-order valence-electron chi connectivity index (χ0n) is 17.9. The molecule has 2 fully saturated rings. The Morgan fingerprint density at radius 1 is 1.03 bits per heavy atom. The van der Waals surface area contributed by atoms with E-state index < -0.39 is 0 Å². The molecule has 2 aliphatic rings. The molecule has 160 valence electrons. The second kappa shape index (κ2) is 8.25. The van der Waals surface area contributed by atoms with Gasteiger partial charge in [0.2, 0.25) is 17.6 Å². The van der Waals surface area contributed by atoms with Gasteiger partial charge in [-0.2, -0.15) is 4.98 Å². The highest BCUT2D eigenvalue weighted by molar-refractivity contribution is 5.83. The van der Waals surface area contributed by atoms with E-state index >= 15 is 0 Å². The van der Waals surface area contributed by atoms with Crippen LogP contribution in [0.2, 0.25) is 0 Å². The number of likely N-dealkylation sites (tertiary alicyclic amines) is 1. The maximum absolute atomic E-state index is 13.5. The highest BCUT2D eigenvalue weighted by Crippen LogP contribution is 2.43. The highest BCUT2D eigenvalue weighted by atomic mass is 16.5. The van der Waals surface area contributed by atoms with Crippen molar-refractivity contribution in [3.8, 4) is 11.4 Å². The molecule has 6 nitrogen and oxygen atoms in total. The molecule has 1 amide bonds. The Morgan fingerprint density at radius 2 is 1.81 bits per heavy atom. The van der Waals surface area contributed by atoms with Crippen LogP contribution in [-0.2, 0) is 4.79 Å². The summed E-state index contributed by atoms with van der Waals surface area (Å²) in [4.78, 5) is 24.6. The molecule has 1 saturated carbocycles. The smallest absolute Gasteiger partial charge is 0.232 e. The van der Waals surface area contributed by atoms with E-state index in [-0.39, 0.29) is 23.2 Å². The van der Waals surface area contributed by atoms with Crippen LogP contribution in [0.5, 0.6) is 0 Å². The number of hydrogen-bond acceptors (Lipinski definition) is 5. The standard InChI is InChI=1S/C25H28N4O2/c1-25(12-6-3-7-13-25)24(30)29-16-20(19-11-8-14-26-15-19)21(17-29)23-27-22(28-31-23)18-9-4-2-5-10-18/h2,4-5,8-11,14-15,20-21H,3,6-7,12-13,16-17H2,1H3/t20-,21+/m0/s1. The van der Waals surface area contributed by atoms with Gasteiger partial charge in [0.25, 0.3) is 0 Å². The van der Waals surface area contributed by atoms with Crippen LogP contribution < -0.4 is 0 Å². The predicted molar refractivity (Wildman–Crippen MR) is 117 cm³/mol. The fraction of sp³-hybridized carbons (Fsp3) is 0.440. The summed E-state index contributed by atoms with van der Waals surface area (Å²) in [6.07, 6.45) is 9.12. The van der Waals surface area contributed by atoms with Crippen LogP contribution in [-0.4, -0.2) is 39.0 Å². The third-order valence-electron chi connectivity index (χ3n) is 6.98. The fourth-order valence-electron chi connectivity index (χ4n) is 5.17. The molecule has 31 heavy (non-hydrogen) atoms. The fourth-order valence-corrected chi connectivity index (χ4v) is 5.17. The van der Waals surface area contributed by atoms with Crippen LogP contribution in [0, 0.1) is 5.41 Å². The van der Waals surface area contributed by atoms with Crippen molar-refractivity contribution in [2.24, 2.45) is 5.41 Å². The number of pyridine rings is 1. The number of benzene rings is 1. The lowest BCUT2D eigenvalue weighted by Gasteiger charge is -2.35. The summed E-state index contributed by atoms with van der Waals surface area (Å²) in [6.45, 7) is 3.40. The zero-order valence-corrected chi connectivity index (χ0v) is 17.9. The van der Waals surface area contributed by atoms with Crippen LogP contribution >= 0.6 is 0 Å². The van der Waals surface area contributed by atoms with Gasteiger partial charge >= 0.3 is 0 Å². The monoisotopic (exact) mass is 416 g/mol. The molecule has 1 aromatic carbocycles. The van der Waals surface area contributed by atoms with Crippen LogP contribution in [0.1, 0.15) is 62.3 Å². The average Bonchev–Trinajstić information content (AvgIpc) is 3.48. The first-order valence-electron chi connectivity index (χ1n) is 11.2. The number of nitrogens with zero attached hydrogens (tertiary/aromatic N) is 4. The van der Waals surface area contributed by atoms with Crippen molar-refractivity contribution in [1.82, 2.24) is 20.0 Å². The third kappa shape index (κ3) is 3.87. The Labute approximate surface area is 182 Å². The molecular formula is C25H28N4O2. The first-order valence-corrected chi connectivity index (χ1v) is 11.2. The second-order valence-electron chi connectivity index (χ2n) is 9.15. The molecular weight excluding hydrogens is 388 g/mol. The topological polar surface area (TPSA) is 72.1 Å². The minimum Gasteiger partial charge on any atom is -0.341 e. The molecule has 0 radical (unpaired) electrons. The summed E-state index contributed by atoms with van der Waals surface area (Å²) in [5.41, 5.74) is 1.78. The zero-order chi connectivity index (χ0) is 21.3. The Kier molecular flexibility index (Phi) is 5.30. The summed E-state index contributed by atoms with van der Waals surface area (Å²) < 4.78 is 5.73. The lowest BCUT2D eigenvalue weighted by molar-refractivity contribution is -0.142. The number of amides is 1. The third-order valence-corrected chi connectivity index (χ3v) is 6.98. The molecule has 3 aromatic rings. The lowest BCUT2D eigenvalue weighted by atomic mass is 9.74. The molecule has 1 saturated heterocycles. The Bertz CT molecular complexity index is 1030. The van der Waals surface area contributed by atoms with E-state index in [9.17, 15) is 4.79 Å². The van der Waals surface area contributed by atoms with E-state index in [1.807, 2.05) is 47.5 Å². The van der Waals surface area contributed by atoms with Crippen molar-refractivity contribution in [1.29, 1.82) is 0 Å². The highest BCUT2D eigenvalue weighted by Gasteiger charge is 2.45. The van der Waals surface area contributed by atoms with Crippen LogP contribution in [0.15, 0.2) is 59.4 Å². The molecule has 0 N–H and O–H groups in total. The molecule has 0 bridgehead atoms. The summed E-state index contributed by atoms with van der Waals surface area (Å²) in [5.74, 6) is 1.51. The Hall–Kier alpha value is -3.02. The van der Waals surface area contributed by atoms with Crippen LogP contribution in [0.3, 0.4) is 0 Å². The van der Waals surface area contributed by atoms with Crippen molar-refractivity contribution in [2.45, 2.75) is 50.9 Å². The van der Waals surface area contributed by atoms with Crippen molar-refractivity contribution < 1.29 is 9.32 Å². The molecule has 1 aliphatic heterocycles. The lowest BCUT2D eigenvalue weighted by Crippen LogP contribution is -2.42. The molecule has 0 spiro atoms. The first-order chi connectivity index (χ1) is 15.1. The second-order valence-corrected chi connectivity index (χ2v) is 9.15. The van der Waals surface area contributed by atoms with Gasteiger partial charge < -0.3 is 9.42 Å². The molecule has 1 aliphatic carbocycles. The minimum atomic E-state index is -0.253. The van der Waals surface area contributed by atoms with E-state index in [0.29, 0.717) is 24.8 Å². The maximum Gasteiger partial charge on any atom is 0.232 e. The van der Waals surface area contributed by atoms with Gasteiger partial charge in [-0.1, -0.05) is 67.7 Å². The summed E-state index contributed by atoms with van der Waals surface area (Å²) in [6, 6.07) is 13.9. The van der Waals surface area contributed by atoms with Gasteiger partial charge in [-0.15, -0.1) is 0 Å².